The van der Waals surface area contributed by atoms with E-state index in [1.807, 2.05) is 22.5 Å². The minimum atomic E-state index is -0.133. The Labute approximate surface area is 154 Å². The number of aryl methyl sites for hydroxylation is 1. The van der Waals surface area contributed by atoms with Crippen LogP contribution >= 0.6 is 22.7 Å². The lowest BCUT2D eigenvalue weighted by molar-refractivity contribution is 0.553. The predicted octanol–water partition coefficient (Wildman–Crippen LogP) is 0.846. The summed E-state index contributed by atoms with van der Waals surface area (Å²) in [7, 11) is 1.87. The smallest absolute Gasteiger partial charge is 0.291 e. The summed E-state index contributed by atoms with van der Waals surface area (Å²) in [5.41, 5.74) is 13.5. The van der Waals surface area contributed by atoms with E-state index in [0.29, 0.717) is 18.5 Å². The van der Waals surface area contributed by atoms with Crippen molar-refractivity contribution in [2.24, 2.45) is 7.05 Å². The van der Waals surface area contributed by atoms with E-state index >= 15 is 0 Å². The van der Waals surface area contributed by atoms with E-state index in [-0.39, 0.29) is 5.56 Å². The third-order valence-electron chi connectivity index (χ3n) is 4.25. The second-order valence-electron chi connectivity index (χ2n) is 5.91. The molecule has 0 aliphatic carbocycles. The first kappa shape index (κ1) is 15.5. The van der Waals surface area contributed by atoms with Crippen molar-refractivity contribution in [2.45, 2.75) is 13.0 Å². The standard InChI is InChI=1S/C15H14N8OS2/c1-22-12-10(4-18-23(15(12)24)5-9-3-17-21-20-9)13-14(22)19-11(26-13)2-8-6-25-7-16-8/h3-4,6-7,17,20-21H,2,5H2,1H3. The fourth-order valence-electron chi connectivity index (χ4n) is 3.02. The molecule has 26 heavy (non-hydrogen) atoms. The van der Waals surface area contributed by atoms with Gasteiger partial charge >= 0.3 is 0 Å². The van der Waals surface area contributed by atoms with Crippen LogP contribution in [-0.2, 0) is 20.0 Å². The van der Waals surface area contributed by atoms with Gasteiger partial charge in [-0.2, -0.15) is 10.6 Å². The van der Waals surface area contributed by atoms with Gasteiger partial charge in [0.2, 0.25) is 0 Å². The average molecular weight is 386 g/mol. The Hall–Kier alpha value is -2.76. The lowest BCUT2D eigenvalue weighted by Crippen LogP contribution is -2.34. The summed E-state index contributed by atoms with van der Waals surface area (Å²) < 4.78 is 4.29. The van der Waals surface area contributed by atoms with Crippen molar-refractivity contribution in [3.63, 3.8) is 0 Å². The van der Waals surface area contributed by atoms with Gasteiger partial charge < -0.3 is 15.4 Å². The molecule has 0 unspecified atom stereocenters. The van der Waals surface area contributed by atoms with Gasteiger partial charge in [-0.15, -0.1) is 22.7 Å². The minimum absolute atomic E-state index is 0.133. The third-order valence-corrected chi connectivity index (χ3v) is 5.96. The Morgan fingerprint density at radius 2 is 2.27 bits per heavy atom. The highest BCUT2D eigenvalue weighted by molar-refractivity contribution is 7.19. The van der Waals surface area contributed by atoms with E-state index in [1.54, 1.807) is 35.1 Å². The zero-order valence-electron chi connectivity index (χ0n) is 13.7. The van der Waals surface area contributed by atoms with Crippen molar-refractivity contribution >= 4 is 43.9 Å². The molecule has 0 atom stereocenters. The van der Waals surface area contributed by atoms with Gasteiger partial charge in [0.1, 0.15) is 10.5 Å². The van der Waals surface area contributed by atoms with Gasteiger partial charge in [0.25, 0.3) is 5.56 Å². The Bertz CT molecular complexity index is 1200. The van der Waals surface area contributed by atoms with E-state index in [1.165, 1.54) is 4.68 Å². The van der Waals surface area contributed by atoms with E-state index in [9.17, 15) is 4.79 Å². The highest BCUT2D eigenvalue weighted by Crippen LogP contribution is 2.31. The molecule has 132 valence electrons. The van der Waals surface area contributed by atoms with Crippen LogP contribution < -0.4 is 21.9 Å². The Morgan fingerprint density at radius 1 is 1.35 bits per heavy atom. The van der Waals surface area contributed by atoms with Gasteiger partial charge in [-0.25, -0.2) is 14.6 Å². The first-order valence-corrected chi connectivity index (χ1v) is 9.63. The first-order chi connectivity index (χ1) is 12.7. The summed E-state index contributed by atoms with van der Waals surface area (Å²) in [5, 5.41) is 8.20. The minimum Gasteiger partial charge on any atom is -0.323 e. The molecule has 0 radical (unpaired) electrons. The Morgan fingerprint density at radius 3 is 3.04 bits per heavy atom. The monoisotopic (exact) mass is 386 g/mol. The number of allylic oxidation sites excluding steroid dienone is 1. The maximum absolute atomic E-state index is 12.9. The molecule has 3 N–H and O–H groups in total. The summed E-state index contributed by atoms with van der Waals surface area (Å²) in [6, 6.07) is 0. The fourth-order valence-corrected chi connectivity index (χ4v) is 4.70. The quantitative estimate of drug-likeness (QED) is 0.478. The van der Waals surface area contributed by atoms with Crippen LogP contribution in [0.15, 0.2) is 33.8 Å². The topological polar surface area (TPSA) is 102 Å². The van der Waals surface area contributed by atoms with Crippen molar-refractivity contribution < 1.29 is 0 Å². The molecule has 0 saturated carbocycles. The number of fused-ring (bicyclic) bond motifs is 3. The molecule has 11 heteroatoms. The van der Waals surface area contributed by atoms with Gasteiger partial charge in [0, 0.05) is 30.4 Å². The van der Waals surface area contributed by atoms with E-state index < -0.39 is 0 Å². The molecule has 0 aromatic carbocycles. The molecular formula is C15H14N8OS2. The number of nitrogens with one attached hydrogen (secondary N) is 3. The third kappa shape index (κ3) is 2.40. The van der Waals surface area contributed by atoms with Crippen LogP contribution in [0.4, 0.5) is 0 Å². The molecule has 1 aliphatic rings. The number of thiazole rings is 2. The molecule has 1 aliphatic heterocycles. The van der Waals surface area contributed by atoms with Gasteiger partial charge in [0.15, 0.2) is 5.65 Å². The largest absolute Gasteiger partial charge is 0.323 e. The predicted molar refractivity (Wildman–Crippen MR) is 101 cm³/mol. The fraction of sp³-hybridized carbons (Fsp3) is 0.200. The maximum Gasteiger partial charge on any atom is 0.291 e. The number of nitrogens with zero attached hydrogens (tertiary/aromatic N) is 5. The van der Waals surface area contributed by atoms with Crippen LogP contribution in [0.2, 0.25) is 0 Å². The van der Waals surface area contributed by atoms with Crippen molar-refractivity contribution in [1.29, 1.82) is 0 Å². The molecule has 0 fully saturated rings. The molecule has 9 nitrogen and oxygen atoms in total. The summed E-state index contributed by atoms with van der Waals surface area (Å²) in [4.78, 5) is 21.9. The first-order valence-electron chi connectivity index (χ1n) is 7.87. The average Bonchev–Trinajstić information content (AvgIpc) is 3.39. The van der Waals surface area contributed by atoms with Crippen LogP contribution in [0.5, 0.6) is 0 Å². The summed E-state index contributed by atoms with van der Waals surface area (Å²) in [6.45, 7) is 0.357. The number of hydrogen-bond donors (Lipinski definition) is 3. The zero-order chi connectivity index (χ0) is 17.7. The highest BCUT2D eigenvalue weighted by Gasteiger charge is 2.19. The van der Waals surface area contributed by atoms with E-state index in [4.69, 9.17) is 4.98 Å². The molecule has 5 heterocycles. The summed E-state index contributed by atoms with van der Waals surface area (Å²) >= 11 is 3.17. The molecular weight excluding hydrogens is 372 g/mol. The molecule has 0 amide bonds. The van der Waals surface area contributed by atoms with Crippen LogP contribution in [0.3, 0.4) is 0 Å². The van der Waals surface area contributed by atoms with Gasteiger partial charge in [0.05, 0.1) is 34.3 Å². The normalized spacial score (nSPS) is 14.0. The molecule has 5 rings (SSSR count). The Kier molecular flexibility index (Phi) is 3.51. The molecule has 0 bridgehead atoms. The van der Waals surface area contributed by atoms with Crippen LogP contribution in [0.25, 0.3) is 21.3 Å². The molecule has 0 spiro atoms. The second kappa shape index (κ2) is 5.90. The van der Waals surface area contributed by atoms with Crippen LogP contribution in [0, 0.1) is 0 Å². The second-order valence-corrected chi connectivity index (χ2v) is 7.71. The Balaban J connectivity index is 1.60. The number of rotatable bonds is 4. The van der Waals surface area contributed by atoms with E-state index in [2.05, 4.69) is 26.5 Å². The number of hydrazine groups is 2. The van der Waals surface area contributed by atoms with Gasteiger partial charge in [-0.1, -0.05) is 0 Å². The molecule has 4 aromatic heterocycles. The molecule has 0 saturated heterocycles. The van der Waals surface area contributed by atoms with Crippen molar-refractivity contribution in [3.05, 3.63) is 50.0 Å². The van der Waals surface area contributed by atoms with Crippen molar-refractivity contribution in [3.8, 4) is 0 Å². The zero-order valence-corrected chi connectivity index (χ0v) is 15.3. The van der Waals surface area contributed by atoms with Gasteiger partial charge in [-0.05, 0) is 0 Å². The summed E-state index contributed by atoms with van der Waals surface area (Å²) in [5.74, 6) is 0. The lowest BCUT2D eigenvalue weighted by Gasteiger charge is -2.06. The van der Waals surface area contributed by atoms with Crippen molar-refractivity contribution in [2.75, 3.05) is 0 Å². The van der Waals surface area contributed by atoms with Crippen LogP contribution in [-0.4, -0.2) is 24.3 Å². The number of hydrogen-bond acceptors (Lipinski definition) is 9. The molecule has 4 aromatic rings. The lowest BCUT2D eigenvalue weighted by atomic mass is 10.3. The maximum atomic E-state index is 12.9. The van der Waals surface area contributed by atoms with Gasteiger partial charge in [-0.3, -0.25) is 4.79 Å². The van der Waals surface area contributed by atoms with E-state index in [0.717, 1.165) is 32.1 Å². The number of aromatic nitrogens is 5. The van der Waals surface area contributed by atoms with Crippen LogP contribution in [0.1, 0.15) is 10.7 Å². The summed E-state index contributed by atoms with van der Waals surface area (Å²) in [6.07, 6.45) is 4.21. The highest BCUT2D eigenvalue weighted by atomic mass is 32.1. The van der Waals surface area contributed by atoms with Crippen molar-refractivity contribution in [1.82, 2.24) is 40.7 Å². The SMILES string of the molecule is Cn1c2nc(Cc3cscn3)sc2c2cnn(CC3=CNNN3)c(=O)c21.